The molecule has 0 aliphatic rings. The fourth-order valence-electron chi connectivity index (χ4n) is 1.16. The van der Waals surface area contributed by atoms with Crippen molar-refractivity contribution in [2.24, 2.45) is 0 Å². The fourth-order valence-corrected chi connectivity index (χ4v) is 4.85. The number of rotatable bonds is 5. The zero-order valence-electron chi connectivity index (χ0n) is 9.38. The Labute approximate surface area is 118 Å². The predicted octanol–water partition coefficient (Wildman–Crippen LogP) is 1.53. The van der Waals surface area contributed by atoms with Gasteiger partial charge in [-0.3, -0.25) is 4.79 Å². The second kappa shape index (κ2) is 5.84. The van der Waals surface area contributed by atoms with Crippen molar-refractivity contribution in [2.75, 3.05) is 13.1 Å². The molecule has 1 N–H and O–H groups in total. The van der Waals surface area contributed by atoms with Crippen molar-refractivity contribution in [3.63, 3.8) is 0 Å². The number of sulfonamides is 1. The minimum absolute atomic E-state index is 0.0726. The summed E-state index contributed by atoms with van der Waals surface area (Å²) in [5.74, 6) is 0.898. The summed E-state index contributed by atoms with van der Waals surface area (Å²) >= 11 is 4.25. The molecule has 8 heteroatoms. The lowest BCUT2D eigenvalue weighted by atomic mass is 10.4. The summed E-state index contributed by atoms with van der Waals surface area (Å²) < 4.78 is 25.9. The predicted molar refractivity (Wildman–Crippen MR) is 72.0 cm³/mol. The molecule has 1 aromatic rings. The number of terminal acetylenes is 1. The zero-order chi connectivity index (χ0) is 13.9. The first-order valence-electron chi connectivity index (χ1n) is 4.70. The Morgan fingerprint density at radius 2 is 2.28 bits per heavy atom. The molecule has 0 aliphatic carbocycles. The maximum Gasteiger partial charge on any atom is 0.318 e. The van der Waals surface area contributed by atoms with Gasteiger partial charge in [0, 0.05) is 0 Å². The summed E-state index contributed by atoms with van der Waals surface area (Å²) in [5, 5.41) is 8.70. The van der Waals surface area contributed by atoms with Gasteiger partial charge in [0.25, 0.3) is 10.0 Å². The molecule has 0 amide bonds. The molecule has 5 nitrogen and oxygen atoms in total. The molecule has 1 rings (SSSR count). The van der Waals surface area contributed by atoms with Gasteiger partial charge in [0.05, 0.1) is 10.3 Å². The average molecular weight is 352 g/mol. The van der Waals surface area contributed by atoms with Crippen LogP contribution in [0, 0.1) is 19.3 Å². The van der Waals surface area contributed by atoms with Crippen molar-refractivity contribution in [1.29, 1.82) is 0 Å². The van der Waals surface area contributed by atoms with Gasteiger partial charge >= 0.3 is 5.97 Å². The summed E-state index contributed by atoms with van der Waals surface area (Å²) in [6.45, 7) is 0.826. The lowest BCUT2D eigenvalue weighted by Gasteiger charge is -2.16. The SMILES string of the molecule is C#CCN(CC(=O)O)S(=O)(=O)c1cc(C)c(Br)s1. The van der Waals surface area contributed by atoms with E-state index < -0.39 is 22.5 Å². The molecule has 18 heavy (non-hydrogen) atoms. The molecule has 0 spiro atoms. The number of thiophene rings is 1. The molecular weight excluding hydrogens is 342 g/mol. The molecular formula is C10H10BrNO4S2. The normalized spacial score (nSPS) is 11.4. The topological polar surface area (TPSA) is 74.7 Å². The van der Waals surface area contributed by atoms with Crippen LogP contribution in [0.25, 0.3) is 0 Å². The summed E-state index contributed by atoms with van der Waals surface area (Å²) in [5.41, 5.74) is 0.773. The third-order valence-corrected chi connectivity index (χ3v) is 6.39. The van der Waals surface area contributed by atoms with Crippen LogP contribution in [-0.4, -0.2) is 36.9 Å². The second-order valence-electron chi connectivity index (χ2n) is 3.39. The number of carboxylic acids is 1. The van der Waals surface area contributed by atoms with Crippen molar-refractivity contribution in [2.45, 2.75) is 11.1 Å². The Morgan fingerprint density at radius 1 is 1.67 bits per heavy atom. The third kappa shape index (κ3) is 3.32. The molecule has 0 fully saturated rings. The van der Waals surface area contributed by atoms with Crippen molar-refractivity contribution in [3.05, 3.63) is 15.4 Å². The molecule has 0 unspecified atom stereocenters. The van der Waals surface area contributed by atoms with Gasteiger partial charge in [0.15, 0.2) is 0 Å². The van der Waals surface area contributed by atoms with E-state index >= 15 is 0 Å². The number of aryl methyl sites for hydroxylation is 1. The highest BCUT2D eigenvalue weighted by molar-refractivity contribution is 9.11. The summed E-state index contributed by atoms with van der Waals surface area (Å²) in [4.78, 5) is 10.7. The number of halogens is 1. The fraction of sp³-hybridized carbons (Fsp3) is 0.300. The number of hydrogen-bond donors (Lipinski definition) is 1. The van der Waals surface area contributed by atoms with Crippen molar-refractivity contribution < 1.29 is 18.3 Å². The maximum absolute atomic E-state index is 12.2. The van der Waals surface area contributed by atoms with Crippen molar-refractivity contribution in [1.82, 2.24) is 4.31 Å². The Hall–Kier alpha value is -0.880. The van der Waals surface area contributed by atoms with Gasteiger partial charge in [-0.25, -0.2) is 8.42 Å². The van der Waals surface area contributed by atoms with Crippen LogP contribution in [-0.2, 0) is 14.8 Å². The highest BCUT2D eigenvalue weighted by atomic mass is 79.9. The van der Waals surface area contributed by atoms with E-state index in [0.717, 1.165) is 21.2 Å². The van der Waals surface area contributed by atoms with Crippen molar-refractivity contribution in [3.8, 4) is 12.3 Å². The smallest absolute Gasteiger partial charge is 0.318 e. The van der Waals surface area contributed by atoms with E-state index in [0.29, 0.717) is 3.79 Å². The van der Waals surface area contributed by atoms with E-state index in [9.17, 15) is 13.2 Å². The standard InChI is InChI=1S/C10H10BrNO4S2/c1-3-4-12(6-8(13)14)18(15,16)9-5-7(2)10(11)17-9/h1,5H,4,6H2,2H3,(H,13,14). The highest BCUT2D eigenvalue weighted by Gasteiger charge is 2.28. The van der Waals surface area contributed by atoms with E-state index in [1.165, 1.54) is 6.07 Å². The van der Waals surface area contributed by atoms with Crippen LogP contribution >= 0.6 is 27.3 Å². The molecule has 1 heterocycles. The average Bonchev–Trinajstić information content (AvgIpc) is 2.59. The van der Waals surface area contributed by atoms with Gasteiger partial charge in [0.1, 0.15) is 10.8 Å². The van der Waals surface area contributed by atoms with Crippen LogP contribution in [0.2, 0.25) is 0 Å². The van der Waals surface area contributed by atoms with Crippen LogP contribution in [0.1, 0.15) is 5.56 Å². The van der Waals surface area contributed by atoms with E-state index in [1.807, 2.05) is 0 Å². The highest BCUT2D eigenvalue weighted by Crippen LogP contribution is 2.32. The minimum Gasteiger partial charge on any atom is -0.480 e. The monoisotopic (exact) mass is 351 g/mol. The molecule has 0 saturated heterocycles. The molecule has 1 aromatic heterocycles. The van der Waals surface area contributed by atoms with Gasteiger partial charge in [0.2, 0.25) is 0 Å². The summed E-state index contributed by atoms with van der Waals surface area (Å²) in [6.07, 6.45) is 5.06. The van der Waals surface area contributed by atoms with Crippen LogP contribution in [0.4, 0.5) is 0 Å². The van der Waals surface area contributed by atoms with Gasteiger partial charge in [-0.2, -0.15) is 4.31 Å². The van der Waals surface area contributed by atoms with Gasteiger partial charge in [-0.15, -0.1) is 17.8 Å². The molecule has 0 saturated carbocycles. The third-order valence-electron chi connectivity index (χ3n) is 2.01. The Morgan fingerprint density at radius 3 is 2.67 bits per heavy atom. The number of nitrogens with zero attached hydrogens (tertiary/aromatic N) is 1. The first-order valence-corrected chi connectivity index (χ1v) is 7.75. The van der Waals surface area contributed by atoms with Gasteiger partial charge < -0.3 is 5.11 Å². The second-order valence-corrected chi connectivity index (χ2v) is 7.93. The van der Waals surface area contributed by atoms with E-state index in [4.69, 9.17) is 11.5 Å². The first-order chi connectivity index (χ1) is 8.28. The molecule has 0 bridgehead atoms. The Bertz CT molecular complexity index is 580. The number of aliphatic carboxylic acids is 1. The number of carbonyl (C=O) groups is 1. The van der Waals surface area contributed by atoms with E-state index in [-0.39, 0.29) is 10.8 Å². The zero-order valence-corrected chi connectivity index (χ0v) is 12.6. The Kier molecular flexibility index (Phi) is 4.92. The van der Waals surface area contributed by atoms with Crippen LogP contribution in [0.3, 0.4) is 0 Å². The number of carboxylic acid groups (broad SMARTS) is 1. The lowest BCUT2D eigenvalue weighted by molar-refractivity contribution is -0.137. The maximum atomic E-state index is 12.2. The molecule has 0 aromatic carbocycles. The Balaban J connectivity index is 3.17. The molecule has 0 aliphatic heterocycles. The minimum atomic E-state index is -3.86. The first kappa shape index (κ1) is 15.2. The quantitative estimate of drug-likeness (QED) is 0.816. The lowest BCUT2D eigenvalue weighted by Crippen LogP contribution is -2.35. The summed E-state index contributed by atoms with van der Waals surface area (Å²) in [6, 6.07) is 1.48. The largest absolute Gasteiger partial charge is 0.480 e. The van der Waals surface area contributed by atoms with Crippen molar-refractivity contribution >= 4 is 43.3 Å². The molecule has 0 radical (unpaired) electrons. The van der Waals surface area contributed by atoms with E-state index in [2.05, 4.69) is 21.9 Å². The van der Waals surface area contributed by atoms with Crippen LogP contribution < -0.4 is 0 Å². The van der Waals surface area contributed by atoms with Crippen LogP contribution in [0.5, 0.6) is 0 Å². The van der Waals surface area contributed by atoms with Gasteiger partial charge in [-0.1, -0.05) is 5.92 Å². The van der Waals surface area contributed by atoms with E-state index in [1.54, 1.807) is 6.92 Å². The number of hydrogen-bond acceptors (Lipinski definition) is 4. The van der Waals surface area contributed by atoms with Gasteiger partial charge in [-0.05, 0) is 34.5 Å². The molecule has 98 valence electrons. The van der Waals surface area contributed by atoms with Crippen LogP contribution in [0.15, 0.2) is 14.1 Å². The summed E-state index contributed by atoms with van der Waals surface area (Å²) in [7, 11) is -3.86. The molecule has 0 atom stereocenters.